The van der Waals surface area contributed by atoms with Gasteiger partial charge in [0.05, 0.1) is 6.54 Å². The number of hydrogen-bond acceptors (Lipinski definition) is 3. The topological polar surface area (TPSA) is 32.3 Å². The maximum atomic E-state index is 11.5. The molecule has 0 unspecified atom stereocenters. The number of nitrogens with one attached hydrogen (secondary N) is 1. The van der Waals surface area contributed by atoms with Gasteiger partial charge in [-0.25, -0.2) is 0 Å². The maximum Gasteiger partial charge on any atom is 0.236 e. The second-order valence-electron chi connectivity index (χ2n) is 3.09. The van der Waals surface area contributed by atoms with Crippen molar-refractivity contribution in [1.29, 1.82) is 0 Å². The highest BCUT2D eigenvalue weighted by Crippen LogP contribution is 1.93. The molecule has 1 N–H and O–H groups in total. The number of carbonyl (C=O) groups is 1. The number of thioether (sulfide) groups is 1. The first kappa shape index (κ1) is 13.8. The van der Waals surface area contributed by atoms with Gasteiger partial charge in [0, 0.05) is 13.1 Å². The van der Waals surface area contributed by atoms with Gasteiger partial charge in [0.15, 0.2) is 0 Å². The largest absolute Gasteiger partial charge is 0.342 e. The molecular weight excluding hydrogens is 196 g/mol. The van der Waals surface area contributed by atoms with Crippen molar-refractivity contribution in [2.24, 2.45) is 0 Å². The fourth-order valence-electron chi connectivity index (χ4n) is 1.22. The third-order valence-corrected chi connectivity index (χ3v) is 2.79. The number of amides is 1. The first-order valence-electron chi connectivity index (χ1n) is 5.23. The lowest BCUT2D eigenvalue weighted by Gasteiger charge is -2.18. The van der Waals surface area contributed by atoms with E-state index in [9.17, 15) is 4.79 Å². The predicted octanol–water partition coefficient (Wildman–Crippen LogP) is 1.20. The van der Waals surface area contributed by atoms with Crippen molar-refractivity contribution in [3.05, 3.63) is 0 Å². The van der Waals surface area contributed by atoms with E-state index in [4.69, 9.17) is 0 Å². The lowest BCUT2D eigenvalue weighted by molar-refractivity contribution is -0.129. The molecule has 0 radical (unpaired) electrons. The lowest BCUT2D eigenvalue weighted by Crippen LogP contribution is -2.38. The molecule has 0 rings (SSSR count). The van der Waals surface area contributed by atoms with Crippen LogP contribution in [0, 0.1) is 0 Å². The SMILES string of the molecule is CCN(CC)C(=O)CNCCCSC. The summed E-state index contributed by atoms with van der Waals surface area (Å²) in [5.74, 6) is 1.37. The zero-order valence-electron chi connectivity index (χ0n) is 9.51. The van der Waals surface area contributed by atoms with E-state index in [1.54, 1.807) is 0 Å². The van der Waals surface area contributed by atoms with Gasteiger partial charge in [-0.2, -0.15) is 11.8 Å². The van der Waals surface area contributed by atoms with Gasteiger partial charge < -0.3 is 10.2 Å². The monoisotopic (exact) mass is 218 g/mol. The fraction of sp³-hybridized carbons (Fsp3) is 0.900. The van der Waals surface area contributed by atoms with Crippen LogP contribution in [0.4, 0.5) is 0 Å². The second kappa shape index (κ2) is 9.34. The van der Waals surface area contributed by atoms with Crippen molar-refractivity contribution in [2.45, 2.75) is 20.3 Å². The van der Waals surface area contributed by atoms with Crippen molar-refractivity contribution in [3.8, 4) is 0 Å². The zero-order valence-corrected chi connectivity index (χ0v) is 10.3. The molecule has 0 aromatic rings. The molecule has 3 nitrogen and oxygen atoms in total. The Labute approximate surface area is 91.6 Å². The molecule has 0 aliphatic rings. The standard InChI is InChI=1S/C10H22N2OS/c1-4-12(5-2)10(13)9-11-7-6-8-14-3/h11H,4-9H2,1-3H3. The Balaban J connectivity index is 3.43. The van der Waals surface area contributed by atoms with Crippen LogP contribution in [-0.4, -0.2) is 49.0 Å². The number of hydrogen-bond donors (Lipinski definition) is 1. The molecule has 0 heterocycles. The summed E-state index contributed by atoms with van der Waals surface area (Å²) in [5, 5.41) is 3.16. The van der Waals surface area contributed by atoms with Crippen molar-refractivity contribution >= 4 is 17.7 Å². The Bertz CT molecular complexity index is 149. The molecule has 0 saturated carbocycles. The summed E-state index contributed by atoms with van der Waals surface area (Å²) in [6.07, 6.45) is 3.23. The Morgan fingerprint density at radius 3 is 2.50 bits per heavy atom. The molecule has 14 heavy (non-hydrogen) atoms. The van der Waals surface area contributed by atoms with Gasteiger partial charge in [-0.05, 0) is 38.8 Å². The van der Waals surface area contributed by atoms with E-state index in [1.165, 1.54) is 0 Å². The molecule has 0 fully saturated rings. The van der Waals surface area contributed by atoms with E-state index in [0.29, 0.717) is 6.54 Å². The first-order valence-corrected chi connectivity index (χ1v) is 6.63. The second-order valence-corrected chi connectivity index (χ2v) is 4.07. The summed E-state index contributed by atoms with van der Waals surface area (Å²) in [5.41, 5.74) is 0. The highest BCUT2D eigenvalue weighted by atomic mass is 32.2. The smallest absolute Gasteiger partial charge is 0.236 e. The zero-order chi connectivity index (χ0) is 10.8. The Morgan fingerprint density at radius 1 is 1.36 bits per heavy atom. The molecular formula is C10H22N2OS. The molecule has 0 atom stereocenters. The van der Waals surface area contributed by atoms with Gasteiger partial charge in [-0.3, -0.25) is 4.79 Å². The van der Waals surface area contributed by atoms with Crippen LogP contribution in [0.2, 0.25) is 0 Å². The molecule has 0 aromatic carbocycles. The van der Waals surface area contributed by atoms with Crippen LogP contribution in [0.25, 0.3) is 0 Å². The summed E-state index contributed by atoms with van der Waals surface area (Å²) in [6.45, 7) is 7.05. The normalized spacial score (nSPS) is 10.2. The number of rotatable bonds is 8. The summed E-state index contributed by atoms with van der Waals surface area (Å²) < 4.78 is 0. The average Bonchev–Trinajstić information content (AvgIpc) is 2.19. The molecule has 0 bridgehead atoms. The first-order chi connectivity index (χ1) is 6.76. The van der Waals surface area contributed by atoms with Crippen LogP contribution < -0.4 is 5.32 Å². The minimum atomic E-state index is 0.208. The minimum absolute atomic E-state index is 0.208. The van der Waals surface area contributed by atoms with Gasteiger partial charge in [0.25, 0.3) is 0 Å². The highest BCUT2D eigenvalue weighted by Gasteiger charge is 2.07. The summed E-state index contributed by atoms with van der Waals surface area (Å²) in [4.78, 5) is 13.3. The molecule has 0 saturated heterocycles. The molecule has 0 aliphatic carbocycles. The summed E-state index contributed by atoms with van der Waals surface area (Å²) >= 11 is 1.84. The highest BCUT2D eigenvalue weighted by molar-refractivity contribution is 7.98. The van der Waals surface area contributed by atoms with Crippen molar-refractivity contribution in [1.82, 2.24) is 10.2 Å². The Morgan fingerprint density at radius 2 is 2.00 bits per heavy atom. The molecule has 1 amide bonds. The predicted molar refractivity (Wildman–Crippen MR) is 63.8 cm³/mol. The van der Waals surface area contributed by atoms with Gasteiger partial charge >= 0.3 is 0 Å². The Kier molecular flexibility index (Phi) is 9.19. The van der Waals surface area contributed by atoms with Crippen LogP contribution in [-0.2, 0) is 4.79 Å². The number of nitrogens with zero attached hydrogens (tertiary/aromatic N) is 1. The molecule has 0 aliphatic heterocycles. The van der Waals surface area contributed by atoms with Crippen LogP contribution in [0.1, 0.15) is 20.3 Å². The summed E-state index contributed by atoms with van der Waals surface area (Å²) in [6, 6.07) is 0. The fourth-order valence-corrected chi connectivity index (χ4v) is 1.66. The van der Waals surface area contributed by atoms with Gasteiger partial charge in [-0.15, -0.1) is 0 Å². The van der Waals surface area contributed by atoms with E-state index >= 15 is 0 Å². The van der Waals surface area contributed by atoms with E-state index in [2.05, 4.69) is 11.6 Å². The van der Waals surface area contributed by atoms with E-state index < -0.39 is 0 Å². The quantitative estimate of drug-likeness (QED) is 0.621. The van der Waals surface area contributed by atoms with Crippen molar-refractivity contribution in [3.63, 3.8) is 0 Å². The minimum Gasteiger partial charge on any atom is -0.342 e. The van der Waals surface area contributed by atoms with Crippen molar-refractivity contribution < 1.29 is 4.79 Å². The number of carbonyl (C=O) groups excluding carboxylic acids is 1. The molecule has 84 valence electrons. The van der Waals surface area contributed by atoms with Gasteiger partial charge in [0.2, 0.25) is 5.91 Å². The number of likely N-dealkylation sites (N-methyl/N-ethyl adjacent to an activating group) is 1. The third-order valence-electron chi connectivity index (χ3n) is 2.09. The molecule has 0 spiro atoms. The van der Waals surface area contributed by atoms with Gasteiger partial charge in [0.1, 0.15) is 0 Å². The van der Waals surface area contributed by atoms with E-state index in [-0.39, 0.29) is 5.91 Å². The average molecular weight is 218 g/mol. The van der Waals surface area contributed by atoms with E-state index in [1.807, 2.05) is 30.5 Å². The summed E-state index contributed by atoms with van der Waals surface area (Å²) in [7, 11) is 0. The molecule has 0 aromatic heterocycles. The lowest BCUT2D eigenvalue weighted by atomic mass is 10.4. The van der Waals surface area contributed by atoms with Crippen LogP contribution >= 0.6 is 11.8 Å². The van der Waals surface area contributed by atoms with Crippen LogP contribution in [0.5, 0.6) is 0 Å². The Hall–Kier alpha value is -0.220. The van der Waals surface area contributed by atoms with Gasteiger partial charge in [-0.1, -0.05) is 0 Å². The van der Waals surface area contributed by atoms with Crippen LogP contribution in [0.15, 0.2) is 0 Å². The van der Waals surface area contributed by atoms with E-state index in [0.717, 1.165) is 31.8 Å². The molecule has 4 heteroatoms. The third kappa shape index (κ3) is 6.27. The maximum absolute atomic E-state index is 11.5. The van der Waals surface area contributed by atoms with Crippen LogP contribution in [0.3, 0.4) is 0 Å². The van der Waals surface area contributed by atoms with Crippen molar-refractivity contribution in [2.75, 3.05) is 38.2 Å².